The third-order valence-corrected chi connectivity index (χ3v) is 2.98. The summed E-state index contributed by atoms with van der Waals surface area (Å²) in [5.74, 6) is 1.15. The molecule has 1 N–H and O–H groups in total. The Labute approximate surface area is 116 Å². The summed E-state index contributed by atoms with van der Waals surface area (Å²) in [7, 11) is 1.37. The van der Waals surface area contributed by atoms with Gasteiger partial charge in [-0.2, -0.15) is 0 Å². The normalized spacial score (nSPS) is 10.4. The molecule has 2 rings (SSSR count). The quantitative estimate of drug-likeness (QED) is 0.675. The molecular weight excluding hydrogens is 264 g/mol. The number of aromatic amines is 1. The molecule has 0 aliphatic heterocycles. The van der Waals surface area contributed by atoms with Crippen LogP contribution in [0.2, 0.25) is 0 Å². The van der Waals surface area contributed by atoms with Crippen molar-refractivity contribution in [2.24, 2.45) is 0 Å². The standard InChI is InChI=1S/C14H15ClN2O2/c1-19-14(18)11-4-2-10(3-5-11)8-13-16-9-12(17-13)6-7-15/h2-5,9H,6-8H2,1H3,(H,16,17). The average Bonchev–Trinajstić information content (AvgIpc) is 2.86. The number of ether oxygens (including phenoxy) is 1. The second-order valence-corrected chi connectivity index (χ2v) is 4.54. The maximum absolute atomic E-state index is 11.3. The number of esters is 1. The Balaban J connectivity index is 2.04. The fourth-order valence-corrected chi connectivity index (χ4v) is 2.00. The number of alkyl halides is 1. The number of hydrogen-bond donors (Lipinski definition) is 1. The Kier molecular flexibility index (Phi) is 4.58. The smallest absolute Gasteiger partial charge is 0.337 e. The first kappa shape index (κ1) is 13.6. The van der Waals surface area contributed by atoms with Gasteiger partial charge in [0, 0.05) is 30.6 Å². The van der Waals surface area contributed by atoms with Crippen molar-refractivity contribution in [3.05, 3.63) is 53.1 Å². The summed E-state index contributed by atoms with van der Waals surface area (Å²) in [5, 5.41) is 0. The third-order valence-electron chi connectivity index (χ3n) is 2.79. The van der Waals surface area contributed by atoms with Crippen LogP contribution in [0.4, 0.5) is 0 Å². The molecule has 19 heavy (non-hydrogen) atoms. The minimum Gasteiger partial charge on any atom is -0.465 e. The van der Waals surface area contributed by atoms with Crippen molar-refractivity contribution in [2.75, 3.05) is 13.0 Å². The Bertz CT molecular complexity index is 549. The van der Waals surface area contributed by atoms with Crippen molar-refractivity contribution in [1.82, 2.24) is 9.97 Å². The second kappa shape index (κ2) is 6.38. The van der Waals surface area contributed by atoms with Crippen LogP contribution in [0.1, 0.15) is 27.4 Å². The summed E-state index contributed by atoms with van der Waals surface area (Å²) in [4.78, 5) is 18.8. The van der Waals surface area contributed by atoms with E-state index in [9.17, 15) is 4.79 Å². The van der Waals surface area contributed by atoms with Gasteiger partial charge in [-0.05, 0) is 17.7 Å². The first-order chi connectivity index (χ1) is 9.22. The highest BCUT2D eigenvalue weighted by molar-refractivity contribution is 6.17. The first-order valence-electron chi connectivity index (χ1n) is 5.99. The fraction of sp³-hybridized carbons (Fsp3) is 0.286. The summed E-state index contributed by atoms with van der Waals surface area (Å²) in [5.41, 5.74) is 2.67. The molecule has 1 aromatic heterocycles. The van der Waals surface area contributed by atoms with Gasteiger partial charge in [0.25, 0.3) is 0 Å². The van der Waals surface area contributed by atoms with E-state index in [0.717, 1.165) is 23.5 Å². The van der Waals surface area contributed by atoms with Crippen molar-refractivity contribution in [3.63, 3.8) is 0 Å². The van der Waals surface area contributed by atoms with E-state index in [1.165, 1.54) is 7.11 Å². The van der Waals surface area contributed by atoms with Crippen molar-refractivity contribution in [1.29, 1.82) is 0 Å². The lowest BCUT2D eigenvalue weighted by Gasteiger charge is -2.01. The molecule has 1 heterocycles. The van der Waals surface area contributed by atoms with Crippen molar-refractivity contribution < 1.29 is 9.53 Å². The van der Waals surface area contributed by atoms with Crippen molar-refractivity contribution >= 4 is 17.6 Å². The highest BCUT2D eigenvalue weighted by Gasteiger charge is 2.06. The number of nitrogens with zero attached hydrogens (tertiary/aromatic N) is 1. The van der Waals surface area contributed by atoms with Crippen molar-refractivity contribution in [3.8, 4) is 0 Å². The van der Waals surface area contributed by atoms with E-state index in [4.69, 9.17) is 11.6 Å². The summed E-state index contributed by atoms with van der Waals surface area (Å²) < 4.78 is 4.65. The SMILES string of the molecule is COC(=O)c1ccc(Cc2ncc(CCCl)[nH]2)cc1. The number of rotatable bonds is 5. The van der Waals surface area contributed by atoms with Gasteiger partial charge in [-0.25, -0.2) is 9.78 Å². The number of halogens is 1. The molecule has 0 saturated heterocycles. The van der Waals surface area contributed by atoms with Crippen LogP contribution in [0.3, 0.4) is 0 Å². The number of carbonyl (C=O) groups is 1. The molecular formula is C14H15ClN2O2. The molecule has 1 aromatic carbocycles. The van der Waals surface area contributed by atoms with Crippen LogP contribution >= 0.6 is 11.6 Å². The molecule has 4 nitrogen and oxygen atoms in total. The number of aryl methyl sites for hydroxylation is 1. The van der Waals surface area contributed by atoms with E-state index in [1.807, 2.05) is 12.1 Å². The largest absolute Gasteiger partial charge is 0.465 e. The summed E-state index contributed by atoms with van der Waals surface area (Å²) >= 11 is 5.67. The van der Waals surface area contributed by atoms with Gasteiger partial charge in [0.1, 0.15) is 5.82 Å². The van der Waals surface area contributed by atoms with Crippen LogP contribution in [-0.2, 0) is 17.6 Å². The number of benzene rings is 1. The number of nitrogens with one attached hydrogen (secondary N) is 1. The predicted molar refractivity (Wildman–Crippen MR) is 73.6 cm³/mol. The number of methoxy groups -OCH3 is 1. The van der Waals surface area contributed by atoms with Crippen LogP contribution in [0.15, 0.2) is 30.5 Å². The fourth-order valence-electron chi connectivity index (χ4n) is 1.79. The summed E-state index contributed by atoms with van der Waals surface area (Å²) in [6.45, 7) is 0. The summed E-state index contributed by atoms with van der Waals surface area (Å²) in [6.07, 6.45) is 3.29. The number of imidazole rings is 1. The van der Waals surface area contributed by atoms with Crippen molar-refractivity contribution in [2.45, 2.75) is 12.8 Å². The number of aromatic nitrogens is 2. The second-order valence-electron chi connectivity index (χ2n) is 4.16. The average molecular weight is 279 g/mol. The van der Waals surface area contributed by atoms with Gasteiger partial charge in [-0.3, -0.25) is 0 Å². The van der Waals surface area contributed by atoms with E-state index in [1.54, 1.807) is 18.3 Å². The summed E-state index contributed by atoms with van der Waals surface area (Å²) in [6, 6.07) is 7.31. The minimum atomic E-state index is -0.325. The Morgan fingerprint density at radius 2 is 2.11 bits per heavy atom. The zero-order valence-corrected chi connectivity index (χ0v) is 11.4. The van der Waals surface area contributed by atoms with Crippen LogP contribution in [0, 0.1) is 0 Å². The Morgan fingerprint density at radius 1 is 1.37 bits per heavy atom. The molecule has 2 aromatic rings. The van der Waals surface area contributed by atoms with E-state index < -0.39 is 0 Å². The lowest BCUT2D eigenvalue weighted by Crippen LogP contribution is -2.01. The molecule has 0 aliphatic rings. The molecule has 0 radical (unpaired) electrons. The van der Waals surface area contributed by atoms with Crippen LogP contribution in [0.25, 0.3) is 0 Å². The highest BCUT2D eigenvalue weighted by atomic mass is 35.5. The lowest BCUT2D eigenvalue weighted by atomic mass is 10.1. The maximum Gasteiger partial charge on any atom is 0.337 e. The van der Waals surface area contributed by atoms with Gasteiger partial charge in [0.2, 0.25) is 0 Å². The molecule has 0 bridgehead atoms. The van der Waals surface area contributed by atoms with E-state index in [0.29, 0.717) is 17.9 Å². The molecule has 0 amide bonds. The molecule has 0 fully saturated rings. The highest BCUT2D eigenvalue weighted by Crippen LogP contribution is 2.10. The lowest BCUT2D eigenvalue weighted by molar-refractivity contribution is 0.0600. The van der Waals surface area contributed by atoms with E-state index in [-0.39, 0.29) is 5.97 Å². The van der Waals surface area contributed by atoms with Gasteiger partial charge in [0.15, 0.2) is 0 Å². The number of carbonyl (C=O) groups excluding carboxylic acids is 1. The zero-order chi connectivity index (χ0) is 13.7. The Morgan fingerprint density at radius 3 is 2.74 bits per heavy atom. The number of hydrogen-bond acceptors (Lipinski definition) is 3. The third kappa shape index (κ3) is 3.58. The first-order valence-corrected chi connectivity index (χ1v) is 6.52. The molecule has 0 saturated carbocycles. The van der Waals surface area contributed by atoms with E-state index in [2.05, 4.69) is 14.7 Å². The van der Waals surface area contributed by atoms with E-state index >= 15 is 0 Å². The maximum atomic E-state index is 11.3. The molecule has 0 atom stereocenters. The molecule has 0 spiro atoms. The van der Waals surface area contributed by atoms with Gasteiger partial charge in [-0.1, -0.05) is 12.1 Å². The monoisotopic (exact) mass is 278 g/mol. The van der Waals surface area contributed by atoms with Gasteiger partial charge in [0.05, 0.1) is 12.7 Å². The van der Waals surface area contributed by atoms with Crippen LogP contribution < -0.4 is 0 Å². The zero-order valence-electron chi connectivity index (χ0n) is 10.6. The molecule has 5 heteroatoms. The van der Waals surface area contributed by atoms with Gasteiger partial charge in [-0.15, -0.1) is 11.6 Å². The topological polar surface area (TPSA) is 55.0 Å². The number of H-pyrrole nitrogens is 1. The van der Waals surface area contributed by atoms with Crippen LogP contribution in [0.5, 0.6) is 0 Å². The van der Waals surface area contributed by atoms with Crippen LogP contribution in [-0.4, -0.2) is 28.9 Å². The van der Waals surface area contributed by atoms with Gasteiger partial charge < -0.3 is 9.72 Å². The van der Waals surface area contributed by atoms with Gasteiger partial charge >= 0.3 is 5.97 Å². The predicted octanol–water partition coefficient (Wildman–Crippen LogP) is 2.57. The molecule has 0 unspecified atom stereocenters. The Hall–Kier alpha value is -1.81. The molecule has 100 valence electrons. The minimum absolute atomic E-state index is 0.325. The molecule has 0 aliphatic carbocycles.